The molecule has 13 nitrogen and oxygen atoms in total. The standard InChI is InChI=1S/C28H48FN2O11PS2/c1-25(2,3)22(34)44-16-10-8-14-39-43(38,40-15-9-11-17-45-23(35)26(4,5)6)41-18-28(29)20(33)27(7,37)21(42-28)31-13-12-19(32)30-24(31)36/h12-13,20-21,24,33,36-37H,8-11,14-18H2,1-7H3,(H,30,32)/t20-,21+,24?,27+,28+/m0/s1. The molecule has 1 fully saturated rings. The number of nitrogens with zero attached hydrogens (tertiary/aromatic N) is 1. The second kappa shape index (κ2) is 16.4. The number of hydrogen-bond donors (Lipinski definition) is 4. The van der Waals surface area contributed by atoms with E-state index in [0.717, 1.165) is 24.1 Å². The van der Waals surface area contributed by atoms with Crippen LogP contribution in [-0.2, 0) is 37.3 Å². The molecule has 2 rings (SSSR count). The van der Waals surface area contributed by atoms with Crippen LogP contribution in [0.5, 0.6) is 0 Å². The number of ether oxygens (including phenoxy) is 1. The molecule has 0 bridgehead atoms. The highest BCUT2D eigenvalue weighted by molar-refractivity contribution is 8.14. The lowest BCUT2D eigenvalue weighted by Gasteiger charge is -2.38. The molecule has 2 heterocycles. The Morgan fingerprint density at radius 2 is 1.49 bits per heavy atom. The number of halogens is 1. The van der Waals surface area contributed by atoms with Crippen LogP contribution in [-0.4, -0.2) is 97.8 Å². The van der Waals surface area contributed by atoms with Crippen LogP contribution in [0, 0.1) is 10.8 Å². The second-order valence-electron chi connectivity index (χ2n) is 13.1. The van der Waals surface area contributed by atoms with E-state index in [1.54, 1.807) is 0 Å². The summed E-state index contributed by atoms with van der Waals surface area (Å²) in [6, 6.07) is 0. The molecule has 0 aliphatic carbocycles. The van der Waals surface area contributed by atoms with E-state index in [1.807, 2.05) is 41.5 Å². The summed E-state index contributed by atoms with van der Waals surface area (Å²) < 4.78 is 51.0. The summed E-state index contributed by atoms with van der Waals surface area (Å²) in [7, 11) is -4.44. The number of aliphatic hydroxyl groups is 3. The number of carbonyl (C=O) groups excluding carboxylic acids is 3. The fourth-order valence-corrected chi connectivity index (χ4v) is 7.11. The first-order chi connectivity index (χ1) is 20.6. The lowest BCUT2D eigenvalue weighted by molar-refractivity contribution is -0.227. The highest BCUT2D eigenvalue weighted by Gasteiger charge is 2.65. The van der Waals surface area contributed by atoms with Crippen LogP contribution in [0.15, 0.2) is 12.3 Å². The van der Waals surface area contributed by atoms with E-state index in [1.165, 1.54) is 23.5 Å². The number of phosphoric ester groups is 1. The summed E-state index contributed by atoms with van der Waals surface area (Å²) in [5.41, 5.74) is -3.28. The first-order valence-electron chi connectivity index (χ1n) is 14.7. The van der Waals surface area contributed by atoms with E-state index < -0.39 is 61.3 Å². The summed E-state index contributed by atoms with van der Waals surface area (Å²) in [6.45, 7) is 10.6. The van der Waals surface area contributed by atoms with Gasteiger partial charge >= 0.3 is 7.82 Å². The van der Waals surface area contributed by atoms with Crippen molar-refractivity contribution in [3.05, 3.63) is 12.3 Å². The van der Waals surface area contributed by atoms with Crippen LogP contribution in [0.4, 0.5) is 4.39 Å². The maximum absolute atomic E-state index is 16.0. The Morgan fingerprint density at radius 1 is 1.00 bits per heavy atom. The third kappa shape index (κ3) is 11.8. The number of thioether (sulfide) groups is 2. The Labute approximate surface area is 272 Å². The maximum Gasteiger partial charge on any atom is 0.474 e. The SMILES string of the molecule is CC(C)(C)C(=O)SCCCCOP(=O)(OCCCCSC(=O)C(C)(C)C)OC[C@@]1(F)O[C@@H](N2C=CC(=O)NC2O)[C@](C)(O)[C@@H]1O. The number of carbonyl (C=O) groups is 3. The molecule has 45 heavy (non-hydrogen) atoms. The van der Waals surface area contributed by atoms with Crippen molar-refractivity contribution in [3.63, 3.8) is 0 Å². The van der Waals surface area contributed by atoms with E-state index in [-0.39, 0.29) is 23.4 Å². The smallest absolute Gasteiger partial charge is 0.384 e. The van der Waals surface area contributed by atoms with Crippen molar-refractivity contribution in [2.45, 2.75) is 104 Å². The normalized spacial score (nSPS) is 27.6. The molecule has 0 aromatic carbocycles. The molecule has 1 unspecified atom stereocenters. The van der Waals surface area contributed by atoms with Crippen LogP contribution < -0.4 is 5.32 Å². The van der Waals surface area contributed by atoms with Gasteiger partial charge in [-0.25, -0.2) is 8.96 Å². The zero-order valence-electron chi connectivity index (χ0n) is 26.9. The molecule has 17 heteroatoms. The average molecular weight is 703 g/mol. The van der Waals surface area contributed by atoms with Gasteiger partial charge in [-0.3, -0.25) is 28.0 Å². The zero-order chi connectivity index (χ0) is 34.3. The molecule has 5 atom stereocenters. The Morgan fingerprint density at radius 3 is 1.93 bits per heavy atom. The molecule has 2 aliphatic rings. The number of rotatable bonds is 16. The minimum absolute atomic E-state index is 0.0376. The lowest BCUT2D eigenvalue weighted by Crippen LogP contribution is -2.59. The molecule has 1 amide bonds. The van der Waals surface area contributed by atoms with Gasteiger partial charge in [-0.05, 0) is 32.6 Å². The van der Waals surface area contributed by atoms with Crippen LogP contribution in [0.3, 0.4) is 0 Å². The minimum atomic E-state index is -4.44. The topological polar surface area (TPSA) is 181 Å². The number of aliphatic hydroxyl groups excluding tert-OH is 2. The summed E-state index contributed by atoms with van der Waals surface area (Å²) in [5, 5.41) is 34.0. The quantitative estimate of drug-likeness (QED) is 0.135. The molecule has 0 aromatic rings. The van der Waals surface area contributed by atoms with Crippen molar-refractivity contribution in [2.24, 2.45) is 10.8 Å². The molecule has 0 radical (unpaired) electrons. The van der Waals surface area contributed by atoms with Crippen molar-refractivity contribution in [3.8, 4) is 0 Å². The molecular formula is C28H48FN2O11PS2. The largest absolute Gasteiger partial charge is 0.474 e. The van der Waals surface area contributed by atoms with Gasteiger partial charge in [0.15, 0.2) is 16.5 Å². The first kappa shape index (κ1) is 40.1. The fourth-order valence-electron chi connectivity index (χ4n) is 3.91. The molecule has 0 aromatic heterocycles. The van der Waals surface area contributed by atoms with Crippen molar-refractivity contribution < 1.29 is 57.0 Å². The number of unbranched alkanes of at least 4 members (excludes halogenated alkanes) is 2. The van der Waals surface area contributed by atoms with Gasteiger partial charge in [-0.1, -0.05) is 65.1 Å². The molecule has 0 saturated carbocycles. The third-order valence-corrected chi connectivity index (χ3v) is 10.9. The van der Waals surface area contributed by atoms with E-state index in [2.05, 4.69) is 5.32 Å². The molecule has 4 N–H and O–H groups in total. The average Bonchev–Trinajstić information content (AvgIpc) is 3.10. The van der Waals surface area contributed by atoms with Gasteiger partial charge < -0.3 is 30.3 Å². The third-order valence-electron chi connectivity index (χ3n) is 6.68. The highest BCUT2D eigenvalue weighted by Crippen LogP contribution is 2.52. The Bertz CT molecular complexity index is 1070. The van der Waals surface area contributed by atoms with Gasteiger partial charge in [-0.2, -0.15) is 0 Å². The number of alkyl halides is 1. The molecular weight excluding hydrogens is 654 g/mol. The van der Waals surface area contributed by atoms with E-state index in [4.69, 9.17) is 18.3 Å². The van der Waals surface area contributed by atoms with Gasteiger partial charge in [-0.15, -0.1) is 0 Å². The fraction of sp³-hybridized carbons (Fsp3) is 0.821. The number of amides is 1. The van der Waals surface area contributed by atoms with Crippen molar-refractivity contribution >= 4 is 47.5 Å². The Kier molecular flexibility index (Phi) is 14.6. The van der Waals surface area contributed by atoms with Gasteiger partial charge in [0.05, 0.1) is 13.2 Å². The number of hydrogen-bond acceptors (Lipinski definition) is 14. The van der Waals surface area contributed by atoms with Gasteiger partial charge in [0.1, 0.15) is 18.3 Å². The van der Waals surface area contributed by atoms with E-state index >= 15 is 4.39 Å². The first-order valence-corrected chi connectivity index (χ1v) is 18.1. The maximum atomic E-state index is 16.0. The monoisotopic (exact) mass is 702 g/mol. The Balaban J connectivity index is 2.02. The van der Waals surface area contributed by atoms with Crippen LogP contribution in [0.25, 0.3) is 0 Å². The Hall–Kier alpha value is -1.07. The predicted molar refractivity (Wildman–Crippen MR) is 168 cm³/mol. The summed E-state index contributed by atoms with van der Waals surface area (Å²) in [5.74, 6) is -2.74. The number of phosphoric acid groups is 1. The molecule has 1 saturated heterocycles. The lowest BCUT2D eigenvalue weighted by atomic mass is 9.95. The van der Waals surface area contributed by atoms with Crippen LogP contribution in [0.2, 0.25) is 0 Å². The van der Waals surface area contributed by atoms with Gasteiger partial charge in [0.25, 0.3) is 5.85 Å². The molecule has 260 valence electrons. The number of nitrogens with one attached hydrogen (secondary N) is 1. The molecule has 0 spiro atoms. The van der Waals surface area contributed by atoms with E-state index in [9.17, 15) is 34.3 Å². The summed E-state index contributed by atoms with van der Waals surface area (Å²) >= 11 is 2.37. The minimum Gasteiger partial charge on any atom is -0.384 e. The second-order valence-corrected chi connectivity index (χ2v) is 16.9. The van der Waals surface area contributed by atoms with Crippen LogP contribution in [0.1, 0.15) is 74.1 Å². The highest BCUT2D eigenvalue weighted by atomic mass is 32.2. The van der Waals surface area contributed by atoms with Gasteiger partial charge in [0, 0.05) is 34.6 Å². The van der Waals surface area contributed by atoms with Gasteiger partial charge in [0.2, 0.25) is 12.3 Å². The zero-order valence-corrected chi connectivity index (χ0v) is 29.5. The van der Waals surface area contributed by atoms with Crippen molar-refractivity contribution in [2.75, 3.05) is 31.3 Å². The molecule has 2 aliphatic heterocycles. The van der Waals surface area contributed by atoms with Crippen molar-refractivity contribution in [1.29, 1.82) is 0 Å². The van der Waals surface area contributed by atoms with Crippen molar-refractivity contribution in [1.82, 2.24) is 10.2 Å². The van der Waals surface area contributed by atoms with Crippen LogP contribution >= 0.6 is 31.3 Å². The van der Waals surface area contributed by atoms with E-state index in [0.29, 0.717) is 37.2 Å². The summed E-state index contributed by atoms with van der Waals surface area (Å²) in [4.78, 5) is 36.6. The predicted octanol–water partition coefficient (Wildman–Crippen LogP) is 3.67. The summed E-state index contributed by atoms with van der Waals surface area (Å²) in [6.07, 6.45) is -1.67.